The minimum atomic E-state index is -0.0546. The predicted octanol–water partition coefficient (Wildman–Crippen LogP) is 4.10. The molecule has 0 amide bonds. The smallest absolute Gasteiger partial charge is 0.211 e. The molecule has 2 aromatic carbocycles. The van der Waals surface area contributed by atoms with Crippen LogP contribution in [0.1, 0.15) is 34.0 Å². The van der Waals surface area contributed by atoms with E-state index in [-0.39, 0.29) is 17.5 Å². The number of hydrogen-bond donors (Lipinski definition) is 1. The van der Waals surface area contributed by atoms with Crippen LogP contribution in [0.2, 0.25) is 0 Å². The van der Waals surface area contributed by atoms with Crippen LogP contribution in [0.25, 0.3) is 15.3 Å². The van der Waals surface area contributed by atoms with Crippen molar-refractivity contribution in [3.05, 3.63) is 71.5 Å². The fourth-order valence-electron chi connectivity index (χ4n) is 3.61. The summed E-state index contributed by atoms with van der Waals surface area (Å²) in [6.45, 7) is 0. The third-order valence-corrected chi connectivity index (χ3v) is 5.89. The minimum Gasteiger partial charge on any atom is -0.508 e. The number of hydrogen-bond acceptors (Lipinski definition) is 5. The van der Waals surface area contributed by atoms with Gasteiger partial charge in [-0.15, -0.1) is 0 Å². The Morgan fingerprint density at radius 3 is 2.73 bits per heavy atom. The van der Waals surface area contributed by atoms with E-state index in [1.807, 2.05) is 36.4 Å². The van der Waals surface area contributed by atoms with E-state index in [1.165, 1.54) is 0 Å². The maximum absolute atomic E-state index is 12.6. The molecule has 0 saturated heterocycles. The second kappa shape index (κ2) is 5.78. The second-order valence-corrected chi connectivity index (χ2v) is 7.48. The number of Topliss-reactive ketones (excluding diaryl/α,β-unsaturated/α-hetero) is 1. The molecule has 1 aliphatic rings. The summed E-state index contributed by atoms with van der Waals surface area (Å²) in [6.07, 6.45) is 2.68. The molecule has 2 aromatic heterocycles. The van der Waals surface area contributed by atoms with Crippen molar-refractivity contribution in [3.63, 3.8) is 0 Å². The molecule has 0 unspecified atom stereocenters. The molecule has 0 saturated carbocycles. The summed E-state index contributed by atoms with van der Waals surface area (Å²) in [6, 6.07) is 15.2. The van der Waals surface area contributed by atoms with Gasteiger partial charge in [0.15, 0.2) is 5.78 Å². The summed E-state index contributed by atoms with van der Waals surface area (Å²) < 4.78 is 2.87. The molecule has 0 radical (unpaired) electrons. The number of aromatic hydroxyl groups is 1. The van der Waals surface area contributed by atoms with Gasteiger partial charge in [0.05, 0.1) is 27.7 Å². The second-order valence-electron chi connectivity index (χ2n) is 6.47. The van der Waals surface area contributed by atoms with Gasteiger partial charge in [-0.25, -0.2) is 9.67 Å². The first-order chi connectivity index (χ1) is 12.7. The molecule has 128 valence electrons. The highest BCUT2D eigenvalue weighted by Gasteiger charge is 2.31. The Labute approximate surface area is 153 Å². The van der Waals surface area contributed by atoms with Crippen LogP contribution >= 0.6 is 11.3 Å². The molecule has 5 rings (SSSR count). The van der Waals surface area contributed by atoms with Crippen molar-refractivity contribution in [3.8, 4) is 10.9 Å². The molecule has 4 aromatic rings. The zero-order chi connectivity index (χ0) is 17.7. The maximum atomic E-state index is 12.6. The Hall–Kier alpha value is -2.99. The van der Waals surface area contributed by atoms with E-state index in [0.717, 1.165) is 26.6 Å². The van der Waals surface area contributed by atoms with Gasteiger partial charge in [-0.3, -0.25) is 4.79 Å². The highest BCUT2D eigenvalue weighted by Crippen LogP contribution is 2.37. The van der Waals surface area contributed by atoms with Crippen molar-refractivity contribution in [2.45, 2.75) is 18.8 Å². The lowest BCUT2D eigenvalue weighted by molar-refractivity contribution is 0.0963. The van der Waals surface area contributed by atoms with Crippen molar-refractivity contribution in [1.29, 1.82) is 0 Å². The van der Waals surface area contributed by atoms with Crippen LogP contribution in [-0.2, 0) is 6.42 Å². The van der Waals surface area contributed by atoms with Crippen LogP contribution in [0.3, 0.4) is 0 Å². The predicted molar refractivity (Wildman–Crippen MR) is 100 cm³/mol. The molecule has 26 heavy (non-hydrogen) atoms. The number of nitrogens with zero attached hydrogens (tertiary/aromatic N) is 3. The molecule has 0 spiro atoms. The lowest BCUT2D eigenvalue weighted by Gasteiger charge is -2.23. The van der Waals surface area contributed by atoms with Crippen molar-refractivity contribution in [2.24, 2.45) is 0 Å². The van der Waals surface area contributed by atoms with Crippen molar-refractivity contribution in [2.75, 3.05) is 0 Å². The van der Waals surface area contributed by atoms with Crippen LogP contribution in [0.4, 0.5) is 0 Å². The molecular weight excluding hydrogens is 346 g/mol. The van der Waals surface area contributed by atoms with Gasteiger partial charge in [0.1, 0.15) is 5.75 Å². The number of fused-ring (bicyclic) bond motifs is 2. The molecule has 0 aliphatic heterocycles. The summed E-state index contributed by atoms with van der Waals surface area (Å²) in [5, 5.41) is 15.4. The minimum absolute atomic E-state index is 0.0546. The Morgan fingerprint density at radius 1 is 1.08 bits per heavy atom. The molecule has 1 aliphatic carbocycles. The Morgan fingerprint density at radius 2 is 1.88 bits per heavy atom. The monoisotopic (exact) mass is 361 g/mol. The third-order valence-electron chi connectivity index (χ3n) is 4.88. The number of para-hydroxylation sites is 2. The SMILES string of the molecule is O=C1C[C@H](c2ccccc2O)Cc2c1cnn2-c1nc2ccccc2s1. The number of aromatic nitrogens is 3. The summed E-state index contributed by atoms with van der Waals surface area (Å²) in [5.41, 5.74) is 3.27. The van der Waals surface area contributed by atoms with Crippen LogP contribution in [-0.4, -0.2) is 25.7 Å². The lowest BCUT2D eigenvalue weighted by Crippen LogP contribution is -2.20. The fourth-order valence-corrected chi connectivity index (χ4v) is 4.56. The molecule has 1 atom stereocenters. The van der Waals surface area contributed by atoms with Gasteiger partial charge in [-0.1, -0.05) is 41.7 Å². The number of rotatable bonds is 2. The maximum Gasteiger partial charge on any atom is 0.211 e. The highest BCUT2D eigenvalue weighted by molar-refractivity contribution is 7.20. The van der Waals surface area contributed by atoms with E-state index in [2.05, 4.69) is 10.1 Å². The third kappa shape index (κ3) is 2.34. The van der Waals surface area contributed by atoms with E-state index in [0.29, 0.717) is 18.4 Å². The summed E-state index contributed by atoms with van der Waals surface area (Å²) in [4.78, 5) is 17.3. The Kier molecular flexibility index (Phi) is 3.39. The molecule has 5 nitrogen and oxygen atoms in total. The molecule has 1 N–H and O–H groups in total. The van der Waals surface area contributed by atoms with Crippen molar-refractivity contribution >= 4 is 27.3 Å². The normalized spacial score (nSPS) is 16.8. The zero-order valence-electron chi connectivity index (χ0n) is 13.8. The Bertz CT molecular complexity index is 1110. The number of benzene rings is 2. The number of thiazole rings is 1. The van der Waals surface area contributed by atoms with Crippen molar-refractivity contribution < 1.29 is 9.90 Å². The number of phenolic OH excluding ortho intramolecular Hbond substituents is 1. The number of carbonyl (C=O) groups excluding carboxylic acids is 1. The van der Waals surface area contributed by atoms with Crippen LogP contribution < -0.4 is 0 Å². The standard InChI is InChI=1S/C20H15N3O2S/c24-17-7-3-1-5-13(17)12-9-16-14(18(25)10-12)11-21-23(16)20-22-15-6-2-4-8-19(15)26-20/h1-8,11-12,24H,9-10H2/t12-/m1/s1. The van der Waals surface area contributed by atoms with Crippen LogP contribution in [0, 0.1) is 0 Å². The largest absolute Gasteiger partial charge is 0.508 e. The van der Waals surface area contributed by atoms with E-state index in [1.54, 1.807) is 34.3 Å². The molecule has 0 bridgehead atoms. The topological polar surface area (TPSA) is 68.0 Å². The summed E-state index contributed by atoms with van der Waals surface area (Å²) in [7, 11) is 0. The quantitative estimate of drug-likeness (QED) is 0.584. The Balaban J connectivity index is 1.60. The summed E-state index contributed by atoms with van der Waals surface area (Å²) >= 11 is 1.56. The first-order valence-electron chi connectivity index (χ1n) is 8.44. The number of carbonyl (C=O) groups is 1. The van der Waals surface area contributed by atoms with Gasteiger partial charge < -0.3 is 5.11 Å². The van der Waals surface area contributed by atoms with Crippen molar-refractivity contribution in [1.82, 2.24) is 14.8 Å². The van der Waals surface area contributed by atoms with E-state index >= 15 is 0 Å². The van der Waals surface area contributed by atoms with Gasteiger partial charge in [0.25, 0.3) is 0 Å². The molecule has 0 fully saturated rings. The van der Waals surface area contributed by atoms with Gasteiger partial charge in [0.2, 0.25) is 5.13 Å². The lowest BCUT2D eigenvalue weighted by atomic mass is 9.82. The zero-order valence-corrected chi connectivity index (χ0v) is 14.6. The first-order valence-corrected chi connectivity index (χ1v) is 9.26. The van der Waals surface area contributed by atoms with Gasteiger partial charge in [0, 0.05) is 12.3 Å². The van der Waals surface area contributed by atoms with Gasteiger partial charge in [-0.05, 0) is 30.2 Å². The van der Waals surface area contributed by atoms with Crippen LogP contribution in [0.15, 0.2) is 54.7 Å². The first kappa shape index (κ1) is 15.3. The molecule has 6 heteroatoms. The van der Waals surface area contributed by atoms with E-state index in [9.17, 15) is 9.90 Å². The fraction of sp³-hybridized carbons (Fsp3) is 0.150. The van der Waals surface area contributed by atoms with Crippen LogP contribution in [0.5, 0.6) is 5.75 Å². The number of ketones is 1. The van der Waals surface area contributed by atoms with Gasteiger partial charge in [-0.2, -0.15) is 5.10 Å². The van der Waals surface area contributed by atoms with E-state index in [4.69, 9.17) is 0 Å². The number of phenols is 1. The van der Waals surface area contributed by atoms with Gasteiger partial charge >= 0.3 is 0 Å². The average molecular weight is 361 g/mol. The van der Waals surface area contributed by atoms with E-state index < -0.39 is 0 Å². The molecule has 2 heterocycles. The average Bonchev–Trinajstić information content (AvgIpc) is 3.25. The molecular formula is C20H15N3O2S. The summed E-state index contributed by atoms with van der Waals surface area (Å²) in [5.74, 6) is 0.243. The highest BCUT2D eigenvalue weighted by atomic mass is 32.1.